The average Bonchev–Trinajstić information content (AvgIpc) is 2.36. The van der Waals surface area contributed by atoms with Gasteiger partial charge in [-0.1, -0.05) is 0 Å². The van der Waals surface area contributed by atoms with Crippen molar-refractivity contribution in [1.29, 1.82) is 0 Å². The van der Waals surface area contributed by atoms with Crippen molar-refractivity contribution in [3.05, 3.63) is 21.9 Å². The Kier molecular flexibility index (Phi) is 2.65. The van der Waals surface area contributed by atoms with Gasteiger partial charge in [0.05, 0.1) is 4.88 Å². The van der Waals surface area contributed by atoms with E-state index in [1.165, 1.54) is 16.2 Å². The Morgan fingerprint density at radius 1 is 1.64 bits per heavy atom. The first-order chi connectivity index (χ1) is 5.24. The molecule has 0 aromatic carbocycles. The molecule has 1 heterocycles. The molecule has 0 saturated heterocycles. The molecule has 0 spiro atoms. The van der Waals surface area contributed by atoms with E-state index in [4.69, 9.17) is 0 Å². The lowest BCUT2D eigenvalue weighted by Gasteiger charge is -1.96. The second kappa shape index (κ2) is 3.53. The minimum atomic E-state index is 0.0330. The summed E-state index contributed by atoms with van der Waals surface area (Å²) in [5, 5.41) is 2.75. The molecule has 60 valence electrons. The Labute approximate surface area is 70.2 Å². The summed E-state index contributed by atoms with van der Waals surface area (Å²) in [6, 6.07) is 3.81. The Morgan fingerprint density at radius 3 is 2.82 bits per heavy atom. The van der Waals surface area contributed by atoms with Crippen LogP contribution in [-0.4, -0.2) is 12.5 Å². The van der Waals surface area contributed by atoms with Crippen molar-refractivity contribution in [2.75, 3.05) is 6.54 Å². The number of hydrogen-bond donors (Lipinski definition) is 1. The first-order valence-electron chi connectivity index (χ1n) is 3.58. The number of carbonyl (C=O) groups excluding carboxylic acids is 1. The van der Waals surface area contributed by atoms with Crippen molar-refractivity contribution in [2.45, 2.75) is 13.8 Å². The van der Waals surface area contributed by atoms with Crippen LogP contribution in [0.3, 0.4) is 0 Å². The van der Waals surface area contributed by atoms with Crippen LogP contribution in [0.25, 0.3) is 0 Å². The molecule has 1 aromatic rings. The standard InChI is InChI=1S/C8H11NOS/c1-3-9-8(10)7-5-4-6(2)11-7/h4-5H,3H2,1-2H3,(H,9,10). The zero-order valence-corrected chi connectivity index (χ0v) is 7.49. The second-order valence-corrected chi connectivity index (χ2v) is 3.56. The van der Waals surface area contributed by atoms with Crippen LogP contribution < -0.4 is 5.32 Å². The molecule has 0 aliphatic heterocycles. The first-order valence-corrected chi connectivity index (χ1v) is 4.40. The van der Waals surface area contributed by atoms with E-state index in [2.05, 4.69) is 5.32 Å². The van der Waals surface area contributed by atoms with Crippen molar-refractivity contribution >= 4 is 17.2 Å². The molecule has 0 radical (unpaired) electrons. The molecule has 2 nitrogen and oxygen atoms in total. The lowest BCUT2D eigenvalue weighted by Crippen LogP contribution is -2.21. The normalized spacial score (nSPS) is 9.64. The molecule has 3 heteroatoms. The third-order valence-electron chi connectivity index (χ3n) is 1.30. The van der Waals surface area contributed by atoms with Crippen LogP contribution in [-0.2, 0) is 0 Å². The number of nitrogens with one attached hydrogen (secondary N) is 1. The predicted octanol–water partition coefficient (Wildman–Crippen LogP) is 1.81. The van der Waals surface area contributed by atoms with Crippen LogP contribution in [0.15, 0.2) is 12.1 Å². The minimum absolute atomic E-state index is 0.0330. The topological polar surface area (TPSA) is 29.1 Å². The minimum Gasteiger partial charge on any atom is -0.352 e. The summed E-state index contributed by atoms with van der Waals surface area (Å²) in [5.74, 6) is 0.0330. The molecule has 1 rings (SSSR count). The lowest BCUT2D eigenvalue weighted by atomic mass is 10.4. The van der Waals surface area contributed by atoms with Crippen molar-refractivity contribution in [2.24, 2.45) is 0 Å². The Balaban J connectivity index is 2.69. The quantitative estimate of drug-likeness (QED) is 0.718. The molecule has 11 heavy (non-hydrogen) atoms. The van der Waals surface area contributed by atoms with Crippen LogP contribution in [0.2, 0.25) is 0 Å². The summed E-state index contributed by atoms with van der Waals surface area (Å²) < 4.78 is 0. The highest BCUT2D eigenvalue weighted by atomic mass is 32.1. The van der Waals surface area contributed by atoms with E-state index in [1.807, 2.05) is 26.0 Å². The van der Waals surface area contributed by atoms with Crippen molar-refractivity contribution in [3.8, 4) is 0 Å². The second-order valence-electron chi connectivity index (χ2n) is 2.27. The van der Waals surface area contributed by atoms with Gasteiger partial charge in [-0.2, -0.15) is 0 Å². The highest BCUT2D eigenvalue weighted by molar-refractivity contribution is 7.13. The summed E-state index contributed by atoms with van der Waals surface area (Å²) in [7, 11) is 0. The van der Waals surface area contributed by atoms with Gasteiger partial charge in [-0.25, -0.2) is 0 Å². The molecule has 0 bridgehead atoms. The molecule has 1 aromatic heterocycles. The number of carbonyl (C=O) groups is 1. The summed E-state index contributed by atoms with van der Waals surface area (Å²) >= 11 is 1.52. The average molecular weight is 169 g/mol. The fourth-order valence-corrected chi connectivity index (χ4v) is 1.59. The van der Waals surface area contributed by atoms with Crippen LogP contribution in [0.5, 0.6) is 0 Å². The maximum Gasteiger partial charge on any atom is 0.261 e. The number of hydrogen-bond acceptors (Lipinski definition) is 2. The number of rotatable bonds is 2. The maximum atomic E-state index is 11.2. The van der Waals surface area contributed by atoms with Crippen LogP contribution in [0.1, 0.15) is 21.5 Å². The van der Waals surface area contributed by atoms with E-state index in [0.717, 1.165) is 4.88 Å². The van der Waals surface area contributed by atoms with Crippen molar-refractivity contribution < 1.29 is 4.79 Å². The molecule has 1 N–H and O–H groups in total. The maximum absolute atomic E-state index is 11.2. The summed E-state index contributed by atoms with van der Waals surface area (Å²) in [4.78, 5) is 13.1. The van der Waals surface area contributed by atoms with Gasteiger partial charge in [0.2, 0.25) is 0 Å². The Hall–Kier alpha value is -0.830. The van der Waals surface area contributed by atoms with Crippen molar-refractivity contribution in [1.82, 2.24) is 5.32 Å². The molecule has 1 amide bonds. The van der Waals surface area contributed by atoms with Crippen LogP contribution in [0, 0.1) is 6.92 Å². The van der Waals surface area contributed by atoms with Crippen LogP contribution in [0.4, 0.5) is 0 Å². The Bertz CT molecular complexity index is 254. The van der Waals surface area contributed by atoms with E-state index in [-0.39, 0.29) is 5.91 Å². The third kappa shape index (κ3) is 2.05. The molecule has 0 atom stereocenters. The zero-order chi connectivity index (χ0) is 8.27. The van der Waals surface area contributed by atoms with E-state index >= 15 is 0 Å². The highest BCUT2D eigenvalue weighted by Gasteiger charge is 2.04. The predicted molar refractivity (Wildman–Crippen MR) is 47.1 cm³/mol. The van der Waals surface area contributed by atoms with Gasteiger partial charge in [-0.15, -0.1) is 11.3 Å². The summed E-state index contributed by atoms with van der Waals surface area (Å²) in [5.41, 5.74) is 0. The van der Waals surface area contributed by atoms with Gasteiger partial charge in [-0.3, -0.25) is 4.79 Å². The smallest absolute Gasteiger partial charge is 0.261 e. The molecule has 0 saturated carbocycles. The van der Waals surface area contributed by atoms with Gasteiger partial charge >= 0.3 is 0 Å². The van der Waals surface area contributed by atoms with Gasteiger partial charge in [-0.05, 0) is 26.0 Å². The largest absolute Gasteiger partial charge is 0.352 e. The van der Waals surface area contributed by atoms with Gasteiger partial charge in [0, 0.05) is 11.4 Å². The van der Waals surface area contributed by atoms with E-state index in [1.54, 1.807) is 0 Å². The molecular weight excluding hydrogens is 158 g/mol. The van der Waals surface area contributed by atoms with E-state index < -0.39 is 0 Å². The fourth-order valence-electron chi connectivity index (χ4n) is 0.804. The number of amides is 1. The van der Waals surface area contributed by atoms with Gasteiger partial charge < -0.3 is 5.32 Å². The first kappa shape index (κ1) is 8.27. The highest BCUT2D eigenvalue weighted by Crippen LogP contribution is 2.14. The SMILES string of the molecule is CCNC(=O)c1ccc(C)s1. The monoisotopic (exact) mass is 169 g/mol. The van der Waals surface area contributed by atoms with E-state index in [0.29, 0.717) is 6.54 Å². The lowest BCUT2D eigenvalue weighted by molar-refractivity contribution is 0.0960. The molecule has 0 fully saturated rings. The van der Waals surface area contributed by atoms with Crippen LogP contribution >= 0.6 is 11.3 Å². The van der Waals surface area contributed by atoms with Gasteiger partial charge in [0.25, 0.3) is 5.91 Å². The van der Waals surface area contributed by atoms with E-state index in [9.17, 15) is 4.79 Å². The summed E-state index contributed by atoms with van der Waals surface area (Å²) in [6.07, 6.45) is 0. The third-order valence-corrected chi connectivity index (χ3v) is 2.30. The molecular formula is C8H11NOS. The van der Waals surface area contributed by atoms with Gasteiger partial charge in [0.1, 0.15) is 0 Å². The van der Waals surface area contributed by atoms with Gasteiger partial charge in [0.15, 0.2) is 0 Å². The van der Waals surface area contributed by atoms with Crippen molar-refractivity contribution in [3.63, 3.8) is 0 Å². The molecule has 0 unspecified atom stereocenters. The zero-order valence-electron chi connectivity index (χ0n) is 6.68. The fraction of sp³-hybridized carbons (Fsp3) is 0.375. The molecule has 0 aliphatic carbocycles. The molecule has 0 aliphatic rings. The number of aryl methyl sites for hydroxylation is 1. The summed E-state index contributed by atoms with van der Waals surface area (Å²) in [6.45, 7) is 4.60. The number of thiophene rings is 1. The Morgan fingerprint density at radius 2 is 2.36 bits per heavy atom.